The smallest absolute Gasteiger partial charge is 0.213 e. The third kappa shape index (κ3) is 3.69. The van der Waals surface area contributed by atoms with Crippen LogP contribution in [0.4, 0.5) is 5.69 Å². The van der Waals surface area contributed by atoms with E-state index >= 15 is 0 Å². The van der Waals surface area contributed by atoms with Crippen LogP contribution >= 0.6 is 0 Å². The van der Waals surface area contributed by atoms with Gasteiger partial charge in [-0.15, -0.1) is 0 Å². The first-order valence-electron chi connectivity index (χ1n) is 5.54. The standard InChI is InChI=1S/C11H17N3O2S/c12-9-5-11(6-9)14-10-3-1-8(2-4-10)7-17(13,15)16/h1-4,9,11,14H,5-7,12H2,(H2,13,15,16). The summed E-state index contributed by atoms with van der Waals surface area (Å²) in [6.07, 6.45) is 1.97. The molecule has 0 amide bonds. The molecular formula is C11H17N3O2S. The Bertz CT molecular complexity index is 478. The average molecular weight is 255 g/mol. The molecule has 1 aromatic rings. The largest absolute Gasteiger partial charge is 0.382 e. The molecule has 1 fully saturated rings. The van der Waals surface area contributed by atoms with Crippen molar-refractivity contribution < 1.29 is 8.42 Å². The topological polar surface area (TPSA) is 98.2 Å². The number of primary sulfonamides is 1. The van der Waals surface area contributed by atoms with Gasteiger partial charge in [-0.2, -0.15) is 0 Å². The second kappa shape index (κ2) is 4.64. The number of anilines is 1. The number of hydrogen-bond acceptors (Lipinski definition) is 4. The lowest BCUT2D eigenvalue weighted by atomic mass is 9.87. The van der Waals surface area contributed by atoms with Crippen molar-refractivity contribution in [1.29, 1.82) is 0 Å². The van der Waals surface area contributed by atoms with Gasteiger partial charge in [0.05, 0.1) is 5.75 Å². The van der Waals surface area contributed by atoms with Crippen molar-refractivity contribution in [2.24, 2.45) is 10.9 Å². The molecule has 0 saturated heterocycles. The van der Waals surface area contributed by atoms with Gasteiger partial charge < -0.3 is 11.1 Å². The summed E-state index contributed by atoms with van der Waals surface area (Å²) in [5.74, 6) is -0.123. The molecule has 1 aliphatic rings. The van der Waals surface area contributed by atoms with Crippen LogP contribution in [0.25, 0.3) is 0 Å². The molecule has 17 heavy (non-hydrogen) atoms. The summed E-state index contributed by atoms with van der Waals surface area (Å²) < 4.78 is 21.8. The van der Waals surface area contributed by atoms with Crippen molar-refractivity contribution >= 4 is 15.7 Å². The van der Waals surface area contributed by atoms with Gasteiger partial charge >= 0.3 is 0 Å². The van der Waals surface area contributed by atoms with E-state index in [2.05, 4.69) is 5.32 Å². The van der Waals surface area contributed by atoms with E-state index in [-0.39, 0.29) is 5.75 Å². The van der Waals surface area contributed by atoms with Crippen molar-refractivity contribution in [2.45, 2.75) is 30.7 Å². The van der Waals surface area contributed by atoms with Crippen molar-refractivity contribution in [3.63, 3.8) is 0 Å². The van der Waals surface area contributed by atoms with Crippen LogP contribution in [-0.2, 0) is 15.8 Å². The monoisotopic (exact) mass is 255 g/mol. The van der Waals surface area contributed by atoms with E-state index in [1.165, 1.54) is 0 Å². The van der Waals surface area contributed by atoms with Crippen molar-refractivity contribution in [2.75, 3.05) is 5.32 Å². The predicted octanol–water partition coefficient (Wildman–Crippen LogP) is 0.377. The molecule has 1 aromatic carbocycles. The van der Waals surface area contributed by atoms with Gasteiger partial charge in [0, 0.05) is 17.8 Å². The highest BCUT2D eigenvalue weighted by Gasteiger charge is 2.25. The van der Waals surface area contributed by atoms with Gasteiger partial charge in [0.15, 0.2) is 0 Å². The molecule has 0 aromatic heterocycles. The quantitative estimate of drug-likeness (QED) is 0.724. The molecule has 0 unspecified atom stereocenters. The SMILES string of the molecule is NC1CC(Nc2ccc(CS(N)(=O)=O)cc2)C1. The molecule has 0 atom stereocenters. The van der Waals surface area contributed by atoms with E-state index in [0.29, 0.717) is 17.6 Å². The molecule has 0 aliphatic heterocycles. The number of benzene rings is 1. The molecule has 1 aliphatic carbocycles. The van der Waals surface area contributed by atoms with Gasteiger partial charge in [-0.05, 0) is 30.5 Å². The average Bonchev–Trinajstić information content (AvgIpc) is 2.16. The molecule has 94 valence electrons. The summed E-state index contributed by atoms with van der Waals surface area (Å²) in [6.45, 7) is 0. The fourth-order valence-corrected chi connectivity index (χ4v) is 2.60. The normalized spacial score (nSPS) is 24.1. The first-order chi connectivity index (χ1) is 7.92. The number of hydrogen-bond donors (Lipinski definition) is 3. The number of sulfonamides is 1. The molecule has 0 bridgehead atoms. The Morgan fingerprint density at radius 3 is 2.29 bits per heavy atom. The Morgan fingerprint density at radius 1 is 1.24 bits per heavy atom. The lowest BCUT2D eigenvalue weighted by Crippen LogP contribution is -2.44. The molecular weight excluding hydrogens is 238 g/mol. The highest BCUT2D eigenvalue weighted by atomic mass is 32.2. The molecule has 0 heterocycles. The summed E-state index contributed by atoms with van der Waals surface area (Å²) in [7, 11) is -3.45. The van der Waals surface area contributed by atoms with Crippen LogP contribution in [0.5, 0.6) is 0 Å². The second-order valence-corrected chi connectivity index (χ2v) is 6.19. The molecule has 0 spiro atoms. The zero-order valence-electron chi connectivity index (χ0n) is 9.46. The van der Waals surface area contributed by atoms with Crippen molar-refractivity contribution in [1.82, 2.24) is 0 Å². The van der Waals surface area contributed by atoms with Gasteiger partial charge in [0.25, 0.3) is 0 Å². The molecule has 5 N–H and O–H groups in total. The van der Waals surface area contributed by atoms with Crippen molar-refractivity contribution in [3.8, 4) is 0 Å². The lowest BCUT2D eigenvalue weighted by Gasteiger charge is -2.33. The number of rotatable bonds is 4. The minimum Gasteiger partial charge on any atom is -0.382 e. The number of nitrogens with one attached hydrogen (secondary N) is 1. The molecule has 5 nitrogen and oxygen atoms in total. The predicted molar refractivity (Wildman–Crippen MR) is 67.9 cm³/mol. The maximum Gasteiger partial charge on any atom is 0.213 e. The first kappa shape index (κ1) is 12.3. The Morgan fingerprint density at radius 2 is 1.82 bits per heavy atom. The van der Waals surface area contributed by atoms with E-state index in [4.69, 9.17) is 10.9 Å². The zero-order valence-corrected chi connectivity index (χ0v) is 10.3. The van der Waals surface area contributed by atoms with Gasteiger partial charge in [0.1, 0.15) is 0 Å². The maximum atomic E-state index is 10.9. The van der Waals surface area contributed by atoms with E-state index < -0.39 is 10.0 Å². The minimum absolute atomic E-state index is 0.123. The fourth-order valence-electron chi connectivity index (χ4n) is 1.94. The van der Waals surface area contributed by atoms with E-state index in [0.717, 1.165) is 18.5 Å². The van der Waals surface area contributed by atoms with E-state index in [9.17, 15) is 8.42 Å². The van der Waals surface area contributed by atoms with Crippen LogP contribution < -0.4 is 16.2 Å². The van der Waals surface area contributed by atoms with Gasteiger partial charge in [-0.1, -0.05) is 12.1 Å². The fraction of sp³-hybridized carbons (Fsp3) is 0.455. The van der Waals surface area contributed by atoms with Crippen LogP contribution in [0.15, 0.2) is 24.3 Å². The highest BCUT2D eigenvalue weighted by molar-refractivity contribution is 7.88. The Hall–Kier alpha value is -1.11. The Kier molecular flexibility index (Phi) is 3.37. The Labute approximate surface area is 101 Å². The van der Waals surface area contributed by atoms with Gasteiger partial charge in [-0.3, -0.25) is 0 Å². The van der Waals surface area contributed by atoms with E-state index in [1.807, 2.05) is 12.1 Å². The van der Waals surface area contributed by atoms with Crippen LogP contribution in [-0.4, -0.2) is 20.5 Å². The van der Waals surface area contributed by atoms with Crippen LogP contribution in [0.1, 0.15) is 18.4 Å². The van der Waals surface area contributed by atoms with Crippen LogP contribution in [0.3, 0.4) is 0 Å². The van der Waals surface area contributed by atoms with Crippen LogP contribution in [0.2, 0.25) is 0 Å². The lowest BCUT2D eigenvalue weighted by molar-refractivity contribution is 0.373. The zero-order chi connectivity index (χ0) is 12.5. The second-order valence-electron chi connectivity index (χ2n) is 4.58. The summed E-state index contributed by atoms with van der Waals surface area (Å²) >= 11 is 0. The summed E-state index contributed by atoms with van der Waals surface area (Å²) in [5.41, 5.74) is 7.38. The third-order valence-electron chi connectivity index (χ3n) is 2.87. The first-order valence-corrected chi connectivity index (χ1v) is 7.25. The highest BCUT2D eigenvalue weighted by Crippen LogP contribution is 2.22. The molecule has 6 heteroatoms. The van der Waals surface area contributed by atoms with Crippen LogP contribution in [0, 0.1) is 0 Å². The maximum absolute atomic E-state index is 10.9. The van der Waals surface area contributed by atoms with E-state index in [1.54, 1.807) is 12.1 Å². The van der Waals surface area contributed by atoms with Gasteiger partial charge in [-0.25, -0.2) is 13.6 Å². The summed E-state index contributed by atoms with van der Waals surface area (Å²) in [6, 6.07) is 8.02. The third-order valence-corrected chi connectivity index (χ3v) is 3.60. The van der Waals surface area contributed by atoms with Gasteiger partial charge in [0.2, 0.25) is 10.0 Å². The molecule has 1 saturated carbocycles. The number of nitrogens with two attached hydrogens (primary N) is 2. The summed E-state index contributed by atoms with van der Waals surface area (Å²) in [4.78, 5) is 0. The Balaban J connectivity index is 1.94. The van der Waals surface area contributed by atoms with Crippen molar-refractivity contribution in [3.05, 3.63) is 29.8 Å². The minimum atomic E-state index is -3.45. The molecule has 2 rings (SSSR count). The summed E-state index contributed by atoms with van der Waals surface area (Å²) in [5, 5.41) is 8.31. The molecule has 0 radical (unpaired) electrons.